The summed E-state index contributed by atoms with van der Waals surface area (Å²) in [6.45, 7) is 4.22. The number of morpholine rings is 1. The Morgan fingerprint density at radius 1 is 1.23 bits per heavy atom. The highest BCUT2D eigenvalue weighted by Crippen LogP contribution is 2.24. The van der Waals surface area contributed by atoms with E-state index in [4.69, 9.17) is 4.74 Å². The lowest BCUT2D eigenvalue weighted by atomic mass is 10.1. The normalized spacial score (nSPS) is 23.1. The van der Waals surface area contributed by atoms with Crippen molar-refractivity contribution in [3.8, 4) is 11.4 Å². The Hall–Kier alpha value is -2.25. The molecule has 1 aromatic carbocycles. The van der Waals surface area contributed by atoms with Gasteiger partial charge in [-0.2, -0.15) is 0 Å². The van der Waals surface area contributed by atoms with Gasteiger partial charge in [-0.25, -0.2) is 0 Å². The van der Waals surface area contributed by atoms with Crippen molar-refractivity contribution in [2.24, 2.45) is 0 Å². The second-order valence-electron chi connectivity index (χ2n) is 6.98. The monoisotopic (exact) mass is 355 g/mol. The van der Waals surface area contributed by atoms with Crippen LogP contribution in [0, 0.1) is 0 Å². The third kappa shape index (κ3) is 3.50. The van der Waals surface area contributed by atoms with Crippen LogP contribution >= 0.6 is 0 Å². The Labute approximate surface area is 153 Å². The molecule has 4 rings (SSSR count). The molecule has 1 fully saturated rings. The number of hydrogen-bond donors (Lipinski definition) is 2. The fourth-order valence-electron chi connectivity index (χ4n) is 3.65. The molecule has 3 heterocycles. The average molecular weight is 355 g/mol. The molecule has 26 heavy (non-hydrogen) atoms. The van der Waals surface area contributed by atoms with E-state index in [9.17, 15) is 4.79 Å². The van der Waals surface area contributed by atoms with Crippen LogP contribution in [0.5, 0.6) is 0 Å². The van der Waals surface area contributed by atoms with E-state index in [0.29, 0.717) is 13.2 Å². The predicted octanol–water partition coefficient (Wildman–Crippen LogP) is 1.99. The minimum atomic E-state index is -0.323. The van der Waals surface area contributed by atoms with Gasteiger partial charge in [0.25, 0.3) is 0 Å². The van der Waals surface area contributed by atoms with Gasteiger partial charge in [0.15, 0.2) is 5.82 Å². The molecule has 1 saturated heterocycles. The molecule has 0 radical (unpaired) electrons. The van der Waals surface area contributed by atoms with Crippen molar-refractivity contribution in [1.82, 2.24) is 20.1 Å². The van der Waals surface area contributed by atoms with Gasteiger partial charge >= 0.3 is 0 Å². The van der Waals surface area contributed by atoms with E-state index in [1.54, 1.807) is 0 Å². The molecule has 0 spiro atoms. The zero-order valence-electron chi connectivity index (χ0n) is 15.1. The van der Waals surface area contributed by atoms with Gasteiger partial charge in [-0.05, 0) is 44.0 Å². The van der Waals surface area contributed by atoms with Crippen LogP contribution in [-0.2, 0) is 22.5 Å². The van der Waals surface area contributed by atoms with Crippen LogP contribution in [0.3, 0.4) is 0 Å². The summed E-state index contributed by atoms with van der Waals surface area (Å²) in [6.07, 6.45) is 4.46. The number of nitrogens with zero attached hydrogens (tertiary/aromatic N) is 3. The third-order valence-electron chi connectivity index (χ3n) is 5.12. The van der Waals surface area contributed by atoms with E-state index in [-0.39, 0.29) is 18.1 Å². The summed E-state index contributed by atoms with van der Waals surface area (Å²) in [7, 11) is 0. The minimum Gasteiger partial charge on any atom is -0.375 e. The number of ether oxygens (including phenoxy) is 1. The molecule has 7 nitrogen and oxygen atoms in total. The van der Waals surface area contributed by atoms with Crippen molar-refractivity contribution >= 4 is 11.6 Å². The zero-order chi connectivity index (χ0) is 17.9. The Morgan fingerprint density at radius 2 is 2.08 bits per heavy atom. The summed E-state index contributed by atoms with van der Waals surface area (Å²) < 4.78 is 7.77. The quantitative estimate of drug-likeness (QED) is 0.880. The molecule has 2 aromatic rings. The van der Waals surface area contributed by atoms with Gasteiger partial charge in [0.05, 0.1) is 12.7 Å². The first-order chi connectivity index (χ1) is 12.7. The Morgan fingerprint density at radius 3 is 2.88 bits per heavy atom. The highest BCUT2D eigenvalue weighted by atomic mass is 16.5. The molecule has 0 aliphatic carbocycles. The topological polar surface area (TPSA) is 81.1 Å². The average Bonchev–Trinajstić information content (AvgIpc) is 2.91. The van der Waals surface area contributed by atoms with Crippen LogP contribution < -0.4 is 10.6 Å². The predicted molar refractivity (Wildman–Crippen MR) is 98.8 cm³/mol. The molecule has 138 valence electrons. The number of hydrogen-bond acceptors (Lipinski definition) is 5. The fourth-order valence-corrected chi connectivity index (χ4v) is 3.65. The van der Waals surface area contributed by atoms with E-state index in [0.717, 1.165) is 35.9 Å². The van der Waals surface area contributed by atoms with Crippen molar-refractivity contribution in [1.29, 1.82) is 0 Å². The second kappa shape index (κ2) is 7.55. The van der Waals surface area contributed by atoms with Crippen molar-refractivity contribution < 1.29 is 9.53 Å². The number of aromatic nitrogens is 3. The molecule has 2 N–H and O–H groups in total. The van der Waals surface area contributed by atoms with Gasteiger partial charge in [0, 0.05) is 30.8 Å². The molecule has 7 heteroatoms. The smallest absolute Gasteiger partial charge is 0.244 e. The van der Waals surface area contributed by atoms with Gasteiger partial charge in [-0.1, -0.05) is 6.42 Å². The van der Waals surface area contributed by atoms with Gasteiger partial charge in [0.2, 0.25) is 5.91 Å². The number of carbonyl (C=O) groups excluding carboxylic acids is 1. The molecular formula is C19H25N5O2. The molecule has 2 aliphatic rings. The van der Waals surface area contributed by atoms with Crippen LogP contribution in [0.15, 0.2) is 24.3 Å². The van der Waals surface area contributed by atoms with E-state index in [1.165, 1.54) is 19.3 Å². The fraction of sp³-hybridized carbons (Fsp3) is 0.526. The first kappa shape index (κ1) is 17.2. The summed E-state index contributed by atoms with van der Waals surface area (Å²) >= 11 is 0. The minimum absolute atomic E-state index is 0.0682. The maximum Gasteiger partial charge on any atom is 0.244 e. The number of fused-ring (bicyclic) bond motifs is 1. The summed E-state index contributed by atoms with van der Waals surface area (Å²) in [6, 6.07) is 7.49. The van der Waals surface area contributed by atoms with Gasteiger partial charge in [-0.15, -0.1) is 10.2 Å². The Bertz CT molecular complexity index is 771. The summed E-state index contributed by atoms with van der Waals surface area (Å²) in [5.41, 5.74) is 1.80. The van der Waals surface area contributed by atoms with Gasteiger partial charge in [-0.3, -0.25) is 4.79 Å². The van der Waals surface area contributed by atoms with Crippen molar-refractivity contribution in [3.63, 3.8) is 0 Å². The number of nitrogens with one attached hydrogen (secondary N) is 2. The molecular weight excluding hydrogens is 330 g/mol. The molecule has 1 amide bonds. The number of anilines is 1. The summed E-state index contributed by atoms with van der Waals surface area (Å²) in [5, 5.41) is 14.9. The first-order valence-corrected chi connectivity index (χ1v) is 9.41. The number of aryl methyl sites for hydroxylation is 1. The summed E-state index contributed by atoms with van der Waals surface area (Å²) in [5.74, 6) is 1.92. The standard InChI is InChI=1S/C19H25N5O2/c1-13-17(20-10-12-26-13)19(25)21-15-8-6-14(7-9-15)18-23-22-16-5-3-2-4-11-24(16)18/h6-9,13,17,20H,2-5,10-12H2,1H3,(H,21,25)/t13-,17+/m1/s1. The van der Waals surface area contributed by atoms with E-state index >= 15 is 0 Å². The number of benzene rings is 1. The largest absolute Gasteiger partial charge is 0.375 e. The van der Waals surface area contributed by atoms with Gasteiger partial charge in [0.1, 0.15) is 11.9 Å². The lowest BCUT2D eigenvalue weighted by Gasteiger charge is -2.29. The van der Waals surface area contributed by atoms with Crippen LogP contribution in [0.4, 0.5) is 5.69 Å². The zero-order valence-corrected chi connectivity index (χ0v) is 15.1. The van der Waals surface area contributed by atoms with E-state index < -0.39 is 0 Å². The molecule has 0 unspecified atom stereocenters. The number of carbonyl (C=O) groups is 1. The van der Waals surface area contributed by atoms with Gasteiger partial charge < -0.3 is 19.9 Å². The van der Waals surface area contributed by atoms with Crippen LogP contribution in [-0.4, -0.2) is 46.0 Å². The van der Waals surface area contributed by atoms with E-state index in [2.05, 4.69) is 25.4 Å². The van der Waals surface area contributed by atoms with E-state index in [1.807, 2.05) is 31.2 Å². The van der Waals surface area contributed by atoms with Crippen molar-refractivity contribution in [2.45, 2.75) is 51.3 Å². The molecule has 0 bridgehead atoms. The highest BCUT2D eigenvalue weighted by molar-refractivity contribution is 5.95. The molecule has 2 aliphatic heterocycles. The molecule has 0 saturated carbocycles. The maximum absolute atomic E-state index is 12.4. The molecule has 1 aromatic heterocycles. The second-order valence-corrected chi connectivity index (χ2v) is 6.98. The lowest BCUT2D eigenvalue weighted by molar-refractivity contribution is -0.123. The lowest BCUT2D eigenvalue weighted by Crippen LogP contribution is -2.53. The Kier molecular flexibility index (Phi) is 4.99. The third-order valence-corrected chi connectivity index (χ3v) is 5.12. The van der Waals surface area contributed by atoms with Crippen LogP contribution in [0.25, 0.3) is 11.4 Å². The molecule has 2 atom stereocenters. The van der Waals surface area contributed by atoms with Crippen LogP contribution in [0.2, 0.25) is 0 Å². The maximum atomic E-state index is 12.4. The number of rotatable bonds is 3. The van der Waals surface area contributed by atoms with Crippen molar-refractivity contribution in [2.75, 3.05) is 18.5 Å². The summed E-state index contributed by atoms with van der Waals surface area (Å²) in [4.78, 5) is 12.4. The highest BCUT2D eigenvalue weighted by Gasteiger charge is 2.28. The van der Waals surface area contributed by atoms with Crippen molar-refractivity contribution in [3.05, 3.63) is 30.1 Å². The Balaban J connectivity index is 1.47. The van der Waals surface area contributed by atoms with Crippen LogP contribution in [0.1, 0.15) is 32.0 Å². The first-order valence-electron chi connectivity index (χ1n) is 9.41. The number of amides is 1. The SMILES string of the molecule is C[C@H]1OCCN[C@@H]1C(=O)Nc1ccc(-c2nnc3n2CCCCC3)cc1.